The van der Waals surface area contributed by atoms with Crippen LogP contribution in [0, 0.1) is 0 Å². The zero-order valence-corrected chi connectivity index (χ0v) is 21.2. The fourth-order valence-corrected chi connectivity index (χ4v) is 4.47. The molecule has 5 rings (SSSR count). The molecule has 2 amide bonds. The summed E-state index contributed by atoms with van der Waals surface area (Å²) in [6.07, 6.45) is 1.51. The van der Waals surface area contributed by atoms with Crippen molar-refractivity contribution in [3.63, 3.8) is 0 Å². The van der Waals surface area contributed by atoms with Gasteiger partial charge in [0, 0.05) is 11.4 Å². The lowest BCUT2D eigenvalue weighted by atomic mass is 9.94. The Morgan fingerprint density at radius 3 is 2.29 bits per heavy atom. The summed E-state index contributed by atoms with van der Waals surface area (Å²) in [4.78, 5) is 26.9. The molecule has 0 unspecified atom stereocenters. The average molecular weight is 510 g/mol. The van der Waals surface area contributed by atoms with Crippen molar-refractivity contribution >= 4 is 29.0 Å². The van der Waals surface area contributed by atoms with E-state index in [0.717, 1.165) is 5.56 Å². The summed E-state index contributed by atoms with van der Waals surface area (Å²) < 4.78 is 12.4. The number of carbonyl (C=O) groups is 2. The van der Waals surface area contributed by atoms with Crippen LogP contribution in [0.3, 0.4) is 0 Å². The van der Waals surface area contributed by atoms with Gasteiger partial charge in [-0.15, -0.1) is 0 Å². The molecule has 1 aliphatic heterocycles. The lowest BCUT2D eigenvalue weighted by Crippen LogP contribution is -2.32. The first-order valence-electron chi connectivity index (χ1n) is 12.0. The quantitative estimate of drug-likeness (QED) is 0.321. The van der Waals surface area contributed by atoms with Gasteiger partial charge in [0.25, 0.3) is 11.8 Å². The van der Waals surface area contributed by atoms with Gasteiger partial charge in [0.05, 0.1) is 31.7 Å². The van der Waals surface area contributed by atoms with Gasteiger partial charge in [-0.05, 0) is 48.9 Å². The van der Waals surface area contributed by atoms with Crippen LogP contribution < -0.4 is 25.4 Å². The highest BCUT2D eigenvalue weighted by Crippen LogP contribution is 2.39. The lowest BCUT2D eigenvalue weighted by Gasteiger charge is -2.30. The number of carbonyl (C=O) groups excluding carboxylic acids is 2. The van der Waals surface area contributed by atoms with E-state index in [1.807, 2.05) is 73.7 Å². The Morgan fingerprint density at radius 2 is 1.58 bits per heavy atom. The van der Waals surface area contributed by atoms with E-state index >= 15 is 0 Å². The van der Waals surface area contributed by atoms with E-state index in [-0.39, 0.29) is 11.8 Å². The smallest absolute Gasteiger partial charge is 0.261 e. The summed E-state index contributed by atoms with van der Waals surface area (Å²) in [6, 6.07) is 23.2. The largest absolute Gasteiger partial charge is 0.497 e. The molecular formula is C29H27N5O4. The van der Waals surface area contributed by atoms with Gasteiger partial charge in [-0.25, -0.2) is 4.68 Å². The van der Waals surface area contributed by atoms with Crippen molar-refractivity contribution in [2.45, 2.75) is 13.0 Å². The van der Waals surface area contributed by atoms with E-state index in [4.69, 9.17) is 9.47 Å². The molecule has 0 saturated heterocycles. The first-order chi connectivity index (χ1) is 18.5. The molecule has 3 aromatic carbocycles. The maximum Gasteiger partial charge on any atom is 0.261 e. The molecule has 192 valence electrons. The van der Waals surface area contributed by atoms with Crippen LogP contribution in [0.15, 0.2) is 96.3 Å². The average Bonchev–Trinajstić information content (AvgIpc) is 3.36. The van der Waals surface area contributed by atoms with Gasteiger partial charge in [0.1, 0.15) is 28.9 Å². The van der Waals surface area contributed by atoms with Crippen molar-refractivity contribution in [1.82, 2.24) is 9.78 Å². The van der Waals surface area contributed by atoms with E-state index in [1.165, 1.54) is 6.20 Å². The zero-order valence-electron chi connectivity index (χ0n) is 21.2. The number of methoxy groups -OCH3 is 2. The molecule has 1 aliphatic rings. The second kappa shape index (κ2) is 10.5. The van der Waals surface area contributed by atoms with Gasteiger partial charge in [-0.1, -0.05) is 42.5 Å². The third-order valence-corrected chi connectivity index (χ3v) is 6.33. The van der Waals surface area contributed by atoms with Gasteiger partial charge in [0.15, 0.2) is 0 Å². The Bertz CT molecular complexity index is 1510. The number of aromatic nitrogens is 2. The number of allylic oxidation sites excluding steroid dienone is 1. The molecule has 0 spiro atoms. The summed E-state index contributed by atoms with van der Waals surface area (Å²) in [7, 11) is 3.15. The predicted molar refractivity (Wildman–Crippen MR) is 146 cm³/mol. The van der Waals surface area contributed by atoms with Crippen molar-refractivity contribution < 1.29 is 19.1 Å². The number of hydrogen-bond acceptors (Lipinski definition) is 6. The van der Waals surface area contributed by atoms with Gasteiger partial charge in [0.2, 0.25) is 0 Å². The maximum absolute atomic E-state index is 13.7. The van der Waals surface area contributed by atoms with Gasteiger partial charge in [-0.3, -0.25) is 9.59 Å². The molecule has 9 nitrogen and oxygen atoms in total. The van der Waals surface area contributed by atoms with E-state index in [1.54, 1.807) is 31.0 Å². The number of hydrogen-bond donors (Lipinski definition) is 3. The third kappa shape index (κ3) is 4.69. The minimum Gasteiger partial charge on any atom is -0.497 e. The van der Waals surface area contributed by atoms with Crippen LogP contribution in [-0.2, 0) is 4.79 Å². The second-order valence-corrected chi connectivity index (χ2v) is 8.67. The van der Waals surface area contributed by atoms with Gasteiger partial charge in [-0.2, -0.15) is 5.10 Å². The Balaban J connectivity index is 1.55. The summed E-state index contributed by atoms with van der Waals surface area (Å²) in [5, 5.41) is 13.7. The highest BCUT2D eigenvalue weighted by atomic mass is 16.5. The van der Waals surface area contributed by atoms with Crippen molar-refractivity contribution in [1.29, 1.82) is 0 Å². The summed E-state index contributed by atoms with van der Waals surface area (Å²) in [5.74, 6) is 1.09. The van der Waals surface area contributed by atoms with Crippen molar-refractivity contribution in [3.05, 3.63) is 107 Å². The van der Waals surface area contributed by atoms with Crippen LogP contribution >= 0.6 is 0 Å². The van der Waals surface area contributed by atoms with E-state index in [2.05, 4.69) is 21.0 Å². The first kappa shape index (κ1) is 24.6. The highest BCUT2D eigenvalue weighted by molar-refractivity contribution is 6.09. The third-order valence-electron chi connectivity index (χ3n) is 6.33. The van der Waals surface area contributed by atoms with Crippen LogP contribution in [0.1, 0.15) is 28.9 Å². The number of rotatable bonds is 7. The standard InChI is InChI=1S/C29H27N5O4/c1-18-25(29(36)33-23-11-7-8-12-24(23)38-3)26(19-13-15-21(37-2)16-14-19)34-27(31-18)22(17-30-34)28(35)32-20-9-5-4-6-10-20/h4-17,26,31H,1-3H3,(H,32,35)(H,33,36)/t26-/m0/s1. The van der Waals surface area contributed by atoms with Crippen LogP contribution in [-0.4, -0.2) is 35.8 Å². The molecule has 38 heavy (non-hydrogen) atoms. The Labute approximate surface area is 220 Å². The molecule has 0 saturated carbocycles. The van der Waals surface area contributed by atoms with Crippen molar-refractivity contribution in [3.8, 4) is 11.5 Å². The molecule has 0 aliphatic carbocycles. The number of benzene rings is 3. The number of amides is 2. The molecule has 1 aromatic heterocycles. The van der Waals surface area contributed by atoms with E-state index in [0.29, 0.717) is 45.5 Å². The number of nitrogens with zero attached hydrogens (tertiary/aromatic N) is 2. The molecule has 0 fully saturated rings. The molecule has 2 heterocycles. The van der Waals surface area contributed by atoms with Crippen LogP contribution in [0.5, 0.6) is 11.5 Å². The highest BCUT2D eigenvalue weighted by Gasteiger charge is 2.35. The number of fused-ring (bicyclic) bond motifs is 1. The second-order valence-electron chi connectivity index (χ2n) is 8.67. The van der Waals surface area contributed by atoms with Crippen molar-refractivity contribution in [2.75, 3.05) is 30.2 Å². The van der Waals surface area contributed by atoms with Crippen LogP contribution in [0.25, 0.3) is 0 Å². The van der Waals surface area contributed by atoms with Gasteiger partial charge >= 0.3 is 0 Å². The van der Waals surface area contributed by atoms with Crippen molar-refractivity contribution in [2.24, 2.45) is 0 Å². The normalized spacial score (nSPS) is 14.2. The monoisotopic (exact) mass is 509 g/mol. The minimum atomic E-state index is -0.606. The van der Waals surface area contributed by atoms with Gasteiger partial charge < -0.3 is 25.4 Å². The summed E-state index contributed by atoms with van der Waals surface area (Å²) in [6.45, 7) is 1.81. The Morgan fingerprint density at radius 1 is 0.868 bits per heavy atom. The summed E-state index contributed by atoms with van der Waals surface area (Å²) in [5.41, 5.74) is 3.42. The lowest BCUT2D eigenvalue weighted by molar-refractivity contribution is -0.113. The molecule has 0 radical (unpaired) electrons. The van der Waals surface area contributed by atoms with Crippen LogP contribution in [0.4, 0.5) is 17.2 Å². The Kier molecular flexibility index (Phi) is 6.82. The fourth-order valence-electron chi connectivity index (χ4n) is 4.47. The SMILES string of the molecule is COc1ccc([C@H]2C(C(=O)Nc3ccccc3OC)=C(C)Nc3c(C(=O)Nc4ccccc4)cnn32)cc1. The molecule has 1 atom stereocenters. The minimum absolute atomic E-state index is 0.312. The molecule has 9 heteroatoms. The number of para-hydroxylation sites is 3. The number of anilines is 3. The first-order valence-corrected chi connectivity index (χ1v) is 12.0. The molecule has 4 aromatic rings. The molecule has 3 N–H and O–H groups in total. The number of nitrogens with one attached hydrogen (secondary N) is 3. The molecule has 0 bridgehead atoms. The number of ether oxygens (including phenoxy) is 2. The molecular weight excluding hydrogens is 482 g/mol. The summed E-state index contributed by atoms with van der Waals surface area (Å²) >= 11 is 0. The zero-order chi connectivity index (χ0) is 26.6. The predicted octanol–water partition coefficient (Wildman–Crippen LogP) is 5.08. The van der Waals surface area contributed by atoms with E-state index < -0.39 is 6.04 Å². The fraction of sp³-hybridized carbons (Fsp3) is 0.138. The Hall–Kier alpha value is -5.05. The van der Waals surface area contributed by atoms with Crippen LogP contribution in [0.2, 0.25) is 0 Å². The topological polar surface area (TPSA) is 107 Å². The van der Waals surface area contributed by atoms with E-state index in [9.17, 15) is 9.59 Å². The maximum atomic E-state index is 13.7.